The maximum absolute atomic E-state index is 11.9. The van der Waals surface area contributed by atoms with Crippen molar-refractivity contribution in [2.24, 2.45) is 12.1 Å². The Balaban J connectivity index is 2.06. The summed E-state index contributed by atoms with van der Waals surface area (Å²) >= 11 is 0. The number of hydrazone groups is 1. The molecular weight excluding hydrogens is 252 g/mol. The number of nitrogens with zero attached hydrogens (tertiary/aromatic N) is 3. The number of aromatic nitrogens is 2. The summed E-state index contributed by atoms with van der Waals surface area (Å²) in [7, 11) is 1.88. The summed E-state index contributed by atoms with van der Waals surface area (Å²) in [6.45, 7) is 5.85. The number of benzene rings is 1. The molecule has 5 nitrogen and oxygen atoms in total. The van der Waals surface area contributed by atoms with Gasteiger partial charge in [-0.3, -0.25) is 9.48 Å². The van der Waals surface area contributed by atoms with Gasteiger partial charge >= 0.3 is 0 Å². The molecular formula is C15H18N4O. The highest BCUT2D eigenvalue weighted by Crippen LogP contribution is 2.08. The lowest BCUT2D eigenvalue weighted by atomic mass is 10.1. The van der Waals surface area contributed by atoms with E-state index in [4.69, 9.17) is 0 Å². The fraction of sp³-hybridized carbons (Fsp3) is 0.267. The van der Waals surface area contributed by atoms with E-state index >= 15 is 0 Å². The standard InChI is InChI=1S/C15H18N4O/c1-10-5-7-13(8-6-10)15(20)17-16-9-14-11(2)18-19(4)12(14)3/h5-9H,1-4H3,(H,17,20)/b16-9-. The van der Waals surface area contributed by atoms with E-state index in [0.29, 0.717) is 5.56 Å². The van der Waals surface area contributed by atoms with Crippen LogP contribution < -0.4 is 5.43 Å². The number of hydrogen-bond acceptors (Lipinski definition) is 3. The van der Waals surface area contributed by atoms with Crippen molar-refractivity contribution in [2.75, 3.05) is 0 Å². The molecule has 2 aromatic rings. The molecule has 0 fully saturated rings. The first kappa shape index (κ1) is 14.0. The van der Waals surface area contributed by atoms with Crippen molar-refractivity contribution in [3.8, 4) is 0 Å². The van der Waals surface area contributed by atoms with Crippen LogP contribution in [0.15, 0.2) is 29.4 Å². The van der Waals surface area contributed by atoms with E-state index in [-0.39, 0.29) is 5.91 Å². The third kappa shape index (κ3) is 2.93. The third-order valence-corrected chi connectivity index (χ3v) is 3.24. The highest BCUT2D eigenvalue weighted by atomic mass is 16.2. The lowest BCUT2D eigenvalue weighted by molar-refractivity contribution is 0.0955. The molecule has 1 amide bonds. The number of nitrogens with one attached hydrogen (secondary N) is 1. The van der Waals surface area contributed by atoms with Crippen LogP contribution in [0, 0.1) is 20.8 Å². The molecule has 0 saturated heterocycles. The lowest BCUT2D eigenvalue weighted by Gasteiger charge is -2.00. The minimum Gasteiger partial charge on any atom is -0.272 e. The molecule has 5 heteroatoms. The van der Waals surface area contributed by atoms with Gasteiger partial charge in [-0.1, -0.05) is 17.7 Å². The summed E-state index contributed by atoms with van der Waals surface area (Å²) in [6, 6.07) is 7.35. The highest BCUT2D eigenvalue weighted by Gasteiger charge is 2.07. The lowest BCUT2D eigenvalue weighted by Crippen LogP contribution is -2.17. The van der Waals surface area contributed by atoms with Crippen molar-refractivity contribution in [2.45, 2.75) is 20.8 Å². The zero-order valence-corrected chi connectivity index (χ0v) is 12.1. The summed E-state index contributed by atoms with van der Waals surface area (Å²) in [4.78, 5) is 11.9. The average molecular weight is 270 g/mol. The van der Waals surface area contributed by atoms with E-state index in [9.17, 15) is 4.79 Å². The molecule has 0 aliphatic heterocycles. The molecule has 0 radical (unpaired) electrons. The van der Waals surface area contributed by atoms with Crippen LogP contribution in [-0.4, -0.2) is 21.9 Å². The third-order valence-electron chi connectivity index (χ3n) is 3.24. The smallest absolute Gasteiger partial charge is 0.271 e. The number of hydrogen-bond donors (Lipinski definition) is 1. The van der Waals surface area contributed by atoms with Gasteiger partial charge in [-0.25, -0.2) is 5.43 Å². The summed E-state index contributed by atoms with van der Waals surface area (Å²) < 4.78 is 1.79. The van der Waals surface area contributed by atoms with Crippen LogP contribution in [0.5, 0.6) is 0 Å². The van der Waals surface area contributed by atoms with E-state index in [1.54, 1.807) is 23.0 Å². The quantitative estimate of drug-likeness (QED) is 0.686. The van der Waals surface area contributed by atoms with Crippen molar-refractivity contribution in [1.82, 2.24) is 15.2 Å². The Bertz CT molecular complexity index is 653. The highest BCUT2D eigenvalue weighted by molar-refractivity contribution is 5.95. The first-order chi connectivity index (χ1) is 9.49. The van der Waals surface area contributed by atoms with Crippen LogP contribution in [-0.2, 0) is 7.05 Å². The van der Waals surface area contributed by atoms with Gasteiger partial charge in [0, 0.05) is 23.9 Å². The maximum Gasteiger partial charge on any atom is 0.271 e. The van der Waals surface area contributed by atoms with Crippen LogP contribution >= 0.6 is 0 Å². The molecule has 1 heterocycles. The Kier molecular flexibility index (Phi) is 3.98. The molecule has 0 unspecified atom stereocenters. The van der Waals surface area contributed by atoms with Crippen molar-refractivity contribution in [3.05, 3.63) is 52.3 Å². The van der Waals surface area contributed by atoms with Crippen LogP contribution in [0.25, 0.3) is 0 Å². The van der Waals surface area contributed by atoms with E-state index < -0.39 is 0 Å². The molecule has 2 rings (SSSR count). The summed E-state index contributed by atoms with van der Waals surface area (Å²) in [5.74, 6) is -0.222. The average Bonchev–Trinajstić information content (AvgIpc) is 2.65. The van der Waals surface area contributed by atoms with Crippen LogP contribution in [0.3, 0.4) is 0 Å². The van der Waals surface area contributed by atoms with E-state index in [1.807, 2.05) is 40.0 Å². The number of carbonyl (C=O) groups is 1. The number of rotatable bonds is 3. The zero-order chi connectivity index (χ0) is 14.7. The predicted octanol–water partition coefficient (Wildman–Crippen LogP) is 2.11. The van der Waals surface area contributed by atoms with Gasteiger partial charge in [-0.05, 0) is 32.9 Å². The number of amides is 1. The van der Waals surface area contributed by atoms with Gasteiger partial charge in [-0.15, -0.1) is 0 Å². The molecule has 0 saturated carbocycles. The van der Waals surface area contributed by atoms with Gasteiger partial charge in [0.25, 0.3) is 5.91 Å². The van der Waals surface area contributed by atoms with Gasteiger partial charge < -0.3 is 0 Å². The fourth-order valence-electron chi connectivity index (χ4n) is 1.90. The van der Waals surface area contributed by atoms with Gasteiger partial charge in [0.05, 0.1) is 11.9 Å². The largest absolute Gasteiger partial charge is 0.272 e. The second kappa shape index (κ2) is 5.69. The van der Waals surface area contributed by atoms with Crippen molar-refractivity contribution < 1.29 is 4.79 Å². The molecule has 20 heavy (non-hydrogen) atoms. The van der Waals surface area contributed by atoms with Gasteiger partial charge in [0.1, 0.15) is 0 Å². The number of aryl methyl sites for hydroxylation is 3. The van der Waals surface area contributed by atoms with Gasteiger partial charge in [0.2, 0.25) is 0 Å². The van der Waals surface area contributed by atoms with Crippen molar-refractivity contribution in [3.63, 3.8) is 0 Å². The van der Waals surface area contributed by atoms with Crippen molar-refractivity contribution in [1.29, 1.82) is 0 Å². The Morgan fingerprint density at radius 3 is 2.45 bits per heavy atom. The minimum absolute atomic E-state index is 0.222. The van der Waals surface area contributed by atoms with Gasteiger partial charge in [-0.2, -0.15) is 10.2 Å². The van der Waals surface area contributed by atoms with Crippen molar-refractivity contribution >= 4 is 12.1 Å². The molecule has 0 spiro atoms. The molecule has 1 N–H and O–H groups in total. The first-order valence-electron chi connectivity index (χ1n) is 6.39. The predicted molar refractivity (Wildman–Crippen MR) is 78.9 cm³/mol. The molecule has 1 aromatic heterocycles. The molecule has 0 bridgehead atoms. The first-order valence-corrected chi connectivity index (χ1v) is 6.39. The van der Waals surface area contributed by atoms with E-state index in [2.05, 4.69) is 15.6 Å². The minimum atomic E-state index is -0.222. The molecule has 0 aliphatic carbocycles. The summed E-state index contributed by atoms with van der Waals surface area (Å²) in [5.41, 5.74) is 7.06. The summed E-state index contributed by atoms with van der Waals surface area (Å²) in [6.07, 6.45) is 1.63. The number of carbonyl (C=O) groups excluding carboxylic acids is 1. The molecule has 1 aromatic carbocycles. The van der Waals surface area contributed by atoms with E-state index in [0.717, 1.165) is 22.5 Å². The normalized spacial score (nSPS) is 11.0. The van der Waals surface area contributed by atoms with Crippen LogP contribution in [0.1, 0.15) is 32.9 Å². The van der Waals surface area contributed by atoms with Gasteiger partial charge in [0.15, 0.2) is 0 Å². The fourth-order valence-corrected chi connectivity index (χ4v) is 1.90. The topological polar surface area (TPSA) is 59.3 Å². The Hall–Kier alpha value is -2.43. The Labute approximate surface area is 118 Å². The SMILES string of the molecule is Cc1ccc(C(=O)N/N=C\c2c(C)nn(C)c2C)cc1. The second-order valence-corrected chi connectivity index (χ2v) is 4.77. The second-order valence-electron chi connectivity index (χ2n) is 4.77. The van der Waals surface area contributed by atoms with E-state index in [1.165, 1.54) is 0 Å². The molecule has 0 aliphatic rings. The Morgan fingerprint density at radius 1 is 1.25 bits per heavy atom. The summed E-state index contributed by atoms with van der Waals surface area (Å²) in [5, 5.41) is 8.29. The van der Waals surface area contributed by atoms with Crippen LogP contribution in [0.2, 0.25) is 0 Å². The molecule has 0 atom stereocenters. The zero-order valence-electron chi connectivity index (χ0n) is 12.1. The monoisotopic (exact) mass is 270 g/mol. The maximum atomic E-state index is 11.9. The Morgan fingerprint density at radius 2 is 1.90 bits per heavy atom. The van der Waals surface area contributed by atoms with Crippen LogP contribution in [0.4, 0.5) is 0 Å². The molecule has 104 valence electrons.